The van der Waals surface area contributed by atoms with Crippen molar-refractivity contribution < 1.29 is 13.9 Å². The Bertz CT molecular complexity index is 587. The van der Waals surface area contributed by atoms with Crippen LogP contribution in [-0.4, -0.2) is 25.4 Å². The lowest BCUT2D eigenvalue weighted by atomic mass is 10.1. The van der Waals surface area contributed by atoms with Gasteiger partial charge in [-0.25, -0.2) is 9.18 Å². The van der Waals surface area contributed by atoms with Crippen LogP contribution < -0.4 is 4.90 Å². The number of allylic oxidation sites excluding steroid dienone is 1. The highest BCUT2D eigenvalue weighted by Gasteiger charge is 2.35. The fourth-order valence-corrected chi connectivity index (χ4v) is 2.09. The second kappa shape index (κ2) is 6.02. The Balaban J connectivity index is 2.35. The Kier molecular flexibility index (Phi) is 4.16. The van der Waals surface area contributed by atoms with E-state index >= 15 is 0 Å². The number of hydrogen-bond donors (Lipinski definition) is 0. The molecule has 1 aromatic rings. The van der Waals surface area contributed by atoms with Crippen LogP contribution in [0.25, 0.3) is 0 Å². The van der Waals surface area contributed by atoms with E-state index in [0.29, 0.717) is 16.8 Å². The molecule has 1 aromatic carbocycles. The molecule has 0 saturated carbocycles. The minimum atomic E-state index is -0.632. The number of cyclic esters (lactones) is 1. The SMILES string of the molecule is C=C/C(=C\CF)[C@H]1COC(=O)N1c1ccc(C#N)cc1. The van der Waals surface area contributed by atoms with Crippen molar-refractivity contribution in [1.29, 1.82) is 5.26 Å². The molecule has 5 heteroatoms. The molecule has 0 aliphatic carbocycles. The molecule has 102 valence electrons. The molecule has 20 heavy (non-hydrogen) atoms. The van der Waals surface area contributed by atoms with Gasteiger partial charge in [0.15, 0.2) is 0 Å². The Morgan fingerprint density at radius 3 is 2.80 bits per heavy atom. The van der Waals surface area contributed by atoms with Crippen LogP contribution in [0.15, 0.2) is 48.6 Å². The molecule has 0 aromatic heterocycles. The van der Waals surface area contributed by atoms with Crippen molar-refractivity contribution in [2.45, 2.75) is 6.04 Å². The molecule has 0 N–H and O–H groups in total. The topological polar surface area (TPSA) is 53.3 Å². The molecule has 4 nitrogen and oxygen atoms in total. The molecule has 1 aliphatic rings. The number of ether oxygens (including phenoxy) is 1. The predicted molar refractivity (Wildman–Crippen MR) is 73.0 cm³/mol. The van der Waals surface area contributed by atoms with Gasteiger partial charge < -0.3 is 4.74 Å². The van der Waals surface area contributed by atoms with Crippen molar-refractivity contribution in [3.05, 3.63) is 54.1 Å². The maximum absolute atomic E-state index is 12.5. The van der Waals surface area contributed by atoms with Crippen LogP contribution in [-0.2, 0) is 4.74 Å². The largest absolute Gasteiger partial charge is 0.447 e. The average Bonchev–Trinajstić information content (AvgIpc) is 2.86. The number of hydrogen-bond acceptors (Lipinski definition) is 3. The summed E-state index contributed by atoms with van der Waals surface area (Å²) in [5, 5.41) is 8.77. The molecule has 0 bridgehead atoms. The summed E-state index contributed by atoms with van der Waals surface area (Å²) in [4.78, 5) is 13.3. The van der Waals surface area contributed by atoms with Crippen LogP contribution in [0.4, 0.5) is 14.9 Å². The molecular weight excluding hydrogens is 259 g/mol. The van der Waals surface area contributed by atoms with Gasteiger partial charge >= 0.3 is 6.09 Å². The van der Waals surface area contributed by atoms with Gasteiger partial charge in [-0.05, 0) is 35.9 Å². The quantitative estimate of drug-likeness (QED) is 0.792. The van der Waals surface area contributed by atoms with Crippen molar-refractivity contribution in [2.75, 3.05) is 18.2 Å². The molecule has 1 aliphatic heterocycles. The zero-order valence-electron chi connectivity index (χ0n) is 10.8. The van der Waals surface area contributed by atoms with Gasteiger partial charge in [-0.1, -0.05) is 12.7 Å². The van der Waals surface area contributed by atoms with Gasteiger partial charge in [0.1, 0.15) is 13.3 Å². The van der Waals surface area contributed by atoms with Gasteiger partial charge in [-0.15, -0.1) is 0 Å². The van der Waals surface area contributed by atoms with Crippen LogP contribution in [0.1, 0.15) is 5.56 Å². The summed E-state index contributed by atoms with van der Waals surface area (Å²) in [6.45, 7) is 3.15. The first kappa shape index (κ1) is 13.8. The first-order valence-corrected chi connectivity index (χ1v) is 6.06. The minimum Gasteiger partial charge on any atom is -0.447 e. The number of anilines is 1. The Labute approximate surface area is 116 Å². The van der Waals surface area contributed by atoms with Crippen molar-refractivity contribution in [2.24, 2.45) is 0 Å². The van der Waals surface area contributed by atoms with Gasteiger partial charge in [0.05, 0.1) is 17.7 Å². The van der Waals surface area contributed by atoms with E-state index in [4.69, 9.17) is 10.00 Å². The second-order valence-corrected chi connectivity index (χ2v) is 4.18. The molecule has 1 fully saturated rings. The maximum Gasteiger partial charge on any atom is 0.415 e. The van der Waals surface area contributed by atoms with E-state index in [9.17, 15) is 9.18 Å². The number of amides is 1. The third-order valence-corrected chi connectivity index (χ3v) is 3.08. The van der Waals surface area contributed by atoms with Crippen molar-refractivity contribution in [3.63, 3.8) is 0 Å². The number of alkyl halides is 1. The van der Waals surface area contributed by atoms with Crippen molar-refractivity contribution in [3.8, 4) is 6.07 Å². The summed E-state index contributed by atoms with van der Waals surface area (Å²) in [7, 11) is 0. The highest BCUT2D eigenvalue weighted by molar-refractivity contribution is 5.91. The number of benzene rings is 1. The lowest BCUT2D eigenvalue weighted by Gasteiger charge is -2.22. The standard InChI is InChI=1S/C15H13FN2O2/c1-2-12(7-8-16)14-10-20-15(19)18(14)13-5-3-11(9-17)4-6-13/h2-7,14H,1,8,10H2/b12-7+/t14-/m1/s1. The van der Waals surface area contributed by atoms with Gasteiger partial charge in [0, 0.05) is 5.69 Å². The normalized spacial score (nSPS) is 18.6. The summed E-state index contributed by atoms with van der Waals surface area (Å²) in [5.74, 6) is 0. The van der Waals surface area contributed by atoms with Crippen LogP contribution >= 0.6 is 0 Å². The van der Waals surface area contributed by atoms with E-state index < -0.39 is 18.8 Å². The van der Waals surface area contributed by atoms with Gasteiger partial charge in [0.2, 0.25) is 0 Å². The van der Waals surface area contributed by atoms with E-state index in [1.54, 1.807) is 24.3 Å². The predicted octanol–water partition coefficient (Wildman–Crippen LogP) is 2.97. The molecule has 1 atom stereocenters. The molecular formula is C15H13FN2O2. The van der Waals surface area contributed by atoms with Gasteiger partial charge in [-0.2, -0.15) is 5.26 Å². The zero-order valence-corrected chi connectivity index (χ0v) is 10.8. The molecule has 0 radical (unpaired) electrons. The van der Waals surface area contributed by atoms with Crippen LogP contribution in [0.5, 0.6) is 0 Å². The Hall–Kier alpha value is -2.61. The number of carbonyl (C=O) groups excluding carboxylic acids is 1. The molecule has 1 amide bonds. The minimum absolute atomic E-state index is 0.149. The summed E-state index contributed by atoms with van der Waals surface area (Å²) in [5.41, 5.74) is 1.70. The summed E-state index contributed by atoms with van der Waals surface area (Å²) >= 11 is 0. The molecule has 0 unspecified atom stereocenters. The lowest BCUT2D eigenvalue weighted by Crippen LogP contribution is -2.34. The molecule has 0 spiro atoms. The van der Waals surface area contributed by atoms with Crippen molar-refractivity contribution >= 4 is 11.8 Å². The molecule has 1 heterocycles. The van der Waals surface area contributed by atoms with E-state index in [2.05, 4.69) is 6.58 Å². The van der Waals surface area contributed by atoms with E-state index in [0.717, 1.165) is 0 Å². The first-order valence-electron chi connectivity index (χ1n) is 6.06. The summed E-state index contributed by atoms with van der Waals surface area (Å²) < 4.78 is 17.5. The second-order valence-electron chi connectivity index (χ2n) is 4.18. The number of nitriles is 1. The highest BCUT2D eigenvalue weighted by atomic mass is 19.1. The molecule has 2 rings (SSSR count). The monoisotopic (exact) mass is 272 g/mol. The Morgan fingerprint density at radius 1 is 1.55 bits per heavy atom. The fraction of sp³-hybridized carbons (Fsp3) is 0.200. The maximum atomic E-state index is 12.5. The van der Waals surface area contributed by atoms with Crippen LogP contribution in [0, 0.1) is 11.3 Å². The van der Waals surface area contributed by atoms with Gasteiger partial charge in [-0.3, -0.25) is 4.90 Å². The molecule has 1 saturated heterocycles. The third-order valence-electron chi connectivity index (χ3n) is 3.08. The highest BCUT2D eigenvalue weighted by Crippen LogP contribution is 2.27. The Morgan fingerprint density at radius 2 is 2.25 bits per heavy atom. The van der Waals surface area contributed by atoms with Crippen molar-refractivity contribution in [1.82, 2.24) is 0 Å². The average molecular weight is 272 g/mol. The number of halogens is 1. The fourth-order valence-electron chi connectivity index (χ4n) is 2.09. The number of nitrogens with zero attached hydrogens (tertiary/aromatic N) is 2. The smallest absolute Gasteiger partial charge is 0.415 e. The lowest BCUT2D eigenvalue weighted by molar-refractivity contribution is 0.179. The van der Waals surface area contributed by atoms with Gasteiger partial charge in [0.25, 0.3) is 0 Å². The van der Waals surface area contributed by atoms with E-state index in [1.807, 2.05) is 6.07 Å². The first-order chi connectivity index (χ1) is 9.71. The van der Waals surface area contributed by atoms with Crippen LogP contribution in [0.3, 0.4) is 0 Å². The number of carbonyl (C=O) groups is 1. The van der Waals surface area contributed by atoms with E-state index in [-0.39, 0.29) is 6.61 Å². The summed E-state index contributed by atoms with van der Waals surface area (Å²) in [6.07, 6.45) is 2.39. The van der Waals surface area contributed by atoms with Crippen LogP contribution in [0.2, 0.25) is 0 Å². The summed E-state index contributed by atoms with van der Waals surface area (Å²) in [6, 6.07) is 8.16. The van der Waals surface area contributed by atoms with E-state index in [1.165, 1.54) is 17.1 Å². The zero-order chi connectivity index (χ0) is 14.5. The number of rotatable bonds is 4. The third kappa shape index (κ3) is 2.54.